The van der Waals surface area contributed by atoms with E-state index >= 15 is 0 Å². The Morgan fingerprint density at radius 3 is 3.14 bits per heavy atom. The summed E-state index contributed by atoms with van der Waals surface area (Å²) in [7, 11) is 0. The molecule has 1 unspecified atom stereocenters. The fourth-order valence-corrected chi connectivity index (χ4v) is 2.54. The molecule has 0 radical (unpaired) electrons. The van der Waals surface area contributed by atoms with Crippen LogP contribution in [0.5, 0.6) is 0 Å². The Bertz CT molecular complexity index is 303. The van der Waals surface area contributed by atoms with E-state index in [4.69, 9.17) is 17.4 Å². The molecule has 2 heterocycles. The van der Waals surface area contributed by atoms with Gasteiger partial charge in [-0.25, -0.2) is 4.59 Å². The zero-order chi connectivity index (χ0) is 10.0. The topological polar surface area (TPSA) is 38.9 Å². The van der Waals surface area contributed by atoms with Crippen LogP contribution in [0.4, 0.5) is 5.69 Å². The van der Waals surface area contributed by atoms with E-state index in [9.17, 15) is 0 Å². The highest BCUT2D eigenvalue weighted by atomic mass is 35.5. The first kappa shape index (κ1) is 9.90. The normalized spacial score (nSPS) is 32.0. The fraction of sp³-hybridized carbons (Fsp3) is 0.500. The summed E-state index contributed by atoms with van der Waals surface area (Å²) in [4.78, 5) is 4.10. The van der Waals surface area contributed by atoms with Gasteiger partial charge in [-0.05, 0) is 6.07 Å². The second-order valence-electron chi connectivity index (χ2n) is 3.82. The molecule has 2 rings (SSSR count). The molecule has 0 saturated carbocycles. The first-order valence-corrected chi connectivity index (χ1v) is 5.43. The van der Waals surface area contributed by atoms with Crippen LogP contribution in [0.15, 0.2) is 24.5 Å². The van der Waals surface area contributed by atoms with Gasteiger partial charge in [-0.2, -0.15) is 5.84 Å². The van der Waals surface area contributed by atoms with Gasteiger partial charge in [0.05, 0.1) is 12.1 Å². The number of aromatic nitrogens is 1. The first-order valence-electron chi connectivity index (χ1n) is 4.90. The quantitative estimate of drug-likeness (QED) is 0.460. The van der Waals surface area contributed by atoms with E-state index in [0.29, 0.717) is 16.5 Å². The molecule has 0 bridgehead atoms. The molecule has 1 fully saturated rings. The van der Waals surface area contributed by atoms with Gasteiger partial charge in [-0.3, -0.25) is 4.98 Å². The molecular weight excluding hydrogens is 198 g/mol. The van der Waals surface area contributed by atoms with Crippen LogP contribution in [0.1, 0.15) is 12.8 Å². The molecular formula is C10H15ClN3+. The maximum atomic E-state index is 6.35. The zero-order valence-corrected chi connectivity index (χ0v) is 8.82. The molecule has 0 aliphatic carbocycles. The number of nitrogens with zero attached hydrogens (tertiary/aromatic N) is 2. The predicted molar refractivity (Wildman–Crippen MR) is 58.8 cm³/mol. The molecule has 0 aromatic carbocycles. The van der Waals surface area contributed by atoms with E-state index in [0.717, 1.165) is 25.1 Å². The Hall–Kier alpha value is -0.640. The van der Waals surface area contributed by atoms with Crippen LogP contribution >= 0.6 is 11.6 Å². The van der Waals surface area contributed by atoms with E-state index in [2.05, 4.69) is 4.98 Å². The van der Waals surface area contributed by atoms with Crippen molar-refractivity contribution in [2.75, 3.05) is 12.4 Å². The van der Waals surface area contributed by atoms with Crippen molar-refractivity contribution in [2.24, 2.45) is 5.84 Å². The van der Waals surface area contributed by atoms with E-state index in [1.807, 2.05) is 18.3 Å². The summed E-state index contributed by atoms with van der Waals surface area (Å²) < 4.78 is 0.456. The van der Waals surface area contributed by atoms with Crippen molar-refractivity contribution >= 4 is 17.3 Å². The number of halogens is 1. The van der Waals surface area contributed by atoms with Gasteiger partial charge in [0, 0.05) is 25.1 Å². The number of alkyl halides is 1. The second kappa shape index (κ2) is 3.85. The molecule has 2 atom stereocenters. The van der Waals surface area contributed by atoms with Gasteiger partial charge < -0.3 is 0 Å². The van der Waals surface area contributed by atoms with E-state index in [1.165, 1.54) is 0 Å². The third kappa shape index (κ3) is 1.52. The molecule has 14 heavy (non-hydrogen) atoms. The third-order valence-corrected chi connectivity index (χ3v) is 3.38. The van der Waals surface area contributed by atoms with E-state index < -0.39 is 0 Å². The number of nitrogens with two attached hydrogens (primary N) is 1. The average molecular weight is 213 g/mol. The van der Waals surface area contributed by atoms with Crippen LogP contribution in [0.25, 0.3) is 0 Å². The van der Waals surface area contributed by atoms with Crippen molar-refractivity contribution < 1.29 is 0 Å². The van der Waals surface area contributed by atoms with Gasteiger partial charge in [-0.15, -0.1) is 11.6 Å². The minimum Gasteiger partial charge on any atom is -0.258 e. The van der Waals surface area contributed by atoms with Crippen LogP contribution in [0.3, 0.4) is 0 Å². The molecule has 3 nitrogen and oxygen atoms in total. The van der Waals surface area contributed by atoms with Crippen LogP contribution in [0, 0.1) is 0 Å². The first-order chi connectivity index (χ1) is 6.77. The molecule has 1 aliphatic rings. The van der Waals surface area contributed by atoms with Gasteiger partial charge in [0.15, 0.2) is 5.69 Å². The highest BCUT2D eigenvalue weighted by Crippen LogP contribution is 2.30. The Morgan fingerprint density at radius 2 is 2.50 bits per heavy atom. The summed E-state index contributed by atoms with van der Waals surface area (Å²) in [6, 6.07) is 4.28. The molecule has 1 aromatic heterocycles. The lowest BCUT2D eigenvalue weighted by molar-refractivity contribution is 0.277. The summed E-state index contributed by atoms with van der Waals surface area (Å²) >= 11 is 5.93. The standard InChI is InChI=1S/C10H15ClN3/c11-7-9-4-2-6-14(9,12)10-3-1-5-13-8-10/h1,3,5,8-9H,2,4,6-7,12H2/q+1/t9-,14?/m0/s1. The monoisotopic (exact) mass is 212 g/mol. The number of quaternary nitrogens is 1. The number of rotatable bonds is 2. The molecule has 2 N–H and O–H groups in total. The van der Waals surface area contributed by atoms with Crippen molar-refractivity contribution in [1.29, 1.82) is 0 Å². The highest BCUT2D eigenvalue weighted by Gasteiger charge is 2.40. The Balaban J connectivity index is 2.31. The largest absolute Gasteiger partial charge is 0.258 e. The van der Waals surface area contributed by atoms with Gasteiger partial charge in [0.2, 0.25) is 0 Å². The Labute approximate surface area is 89.1 Å². The molecule has 76 valence electrons. The fourth-order valence-electron chi connectivity index (χ4n) is 2.14. The van der Waals surface area contributed by atoms with Gasteiger partial charge in [0.25, 0.3) is 0 Å². The Kier molecular flexibility index (Phi) is 2.72. The maximum Gasteiger partial charge on any atom is 0.170 e. The smallest absolute Gasteiger partial charge is 0.170 e. The minimum absolute atomic E-state index is 0.334. The third-order valence-electron chi connectivity index (χ3n) is 3.02. The van der Waals surface area contributed by atoms with Crippen LogP contribution in [-0.4, -0.2) is 23.5 Å². The van der Waals surface area contributed by atoms with E-state index in [-0.39, 0.29) is 0 Å². The molecule has 1 saturated heterocycles. The van der Waals surface area contributed by atoms with Crippen LogP contribution < -0.4 is 10.4 Å². The van der Waals surface area contributed by atoms with Gasteiger partial charge >= 0.3 is 0 Å². The minimum atomic E-state index is 0.334. The number of hydrogen-bond donors (Lipinski definition) is 1. The van der Waals surface area contributed by atoms with Gasteiger partial charge in [0.1, 0.15) is 12.6 Å². The van der Waals surface area contributed by atoms with Gasteiger partial charge in [-0.1, -0.05) is 0 Å². The van der Waals surface area contributed by atoms with Crippen molar-refractivity contribution in [2.45, 2.75) is 18.9 Å². The van der Waals surface area contributed by atoms with Crippen molar-refractivity contribution in [3.8, 4) is 0 Å². The average Bonchev–Trinajstić information content (AvgIpc) is 2.62. The summed E-state index contributed by atoms with van der Waals surface area (Å²) in [5.74, 6) is 6.96. The number of pyridine rings is 1. The van der Waals surface area contributed by atoms with Crippen molar-refractivity contribution in [3.63, 3.8) is 0 Å². The molecule has 0 spiro atoms. The van der Waals surface area contributed by atoms with E-state index in [1.54, 1.807) is 6.20 Å². The lowest BCUT2D eigenvalue weighted by atomic mass is 10.2. The summed E-state index contributed by atoms with van der Waals surface area (Å²) in [6.45, 7) is 0.961. The molecule has 1 aromatic rings. The lowest BCUT2D eigenvalue weighted by Gasteiger charge is -2.32. The maximum absolute atomic E-state index is 6.35. The predicted octanol–water partition coefficient (Wildman–Crippen LogP) is 1.66. The highest BCUT2D eigenvalue weighted by molar-refractivity contribution is 6.18. The zero-order valence-electron chi connectivity index (χ0n) is 8.06. The van der Waals surface area contributed by atoms with Crippen molar-refractivity contribution in [3.05, 3.63) is 24.5 Å². The molecule has 1 aliphatic heterocycles. The molecule has 4 heteroatoms. The summed E-state index contributed by atoms with van der Waals surface area (Å²) in [5.41, 5.74) is 1.07. The van der Waals surface area contributed by atoms with Crippen LogP contribution in [-0.2, 0) is 0 Å². The lowest BCUT2D eigenvalue weighted by Crippen LogP contribution is -2.59. The summed E-state index contributed by atoms with van der Waals surface area (Å²) in [5, 5.41) is 0. The van der Waals surface area contributed by atoms with Crippen molar-refractivity contribution in [1.82, 2.24) is 9.58 Å². The SMILES string of the molecule is N[N+]1(c2cccnc2)CCC[C@H]1CCl. The number of hydrogen-bond acceptors (Lipinski definition) is 2. The summed E-state index contributed by atoms with van der Waals surface area (Å²) in [6.07, 6.45) is 5.85. The second-order valence-corrected chi connectivity index (χ2v) is 4.12. The van der Waals surface area contributed by atoms with Crippen LogP contribution in [0.2, 0.25) is 0 Å². The Morgan fingerprint density at radius 1 is 1.64 bits per heavy atom. The molecule has 0 amide bonds.